The molecule has 0 aliphatic rings. The van der Waals surface area contributed by atoms with Crippen LogP contribution in [0, 0.1) is 0 Å². The van der Waals surface area contributed by atoms with Crippen molar-refractivity contribution in [1.82, 2.24) is 10.1 Å². The Hall–Kier alpha value is -1.04. The van der Waals surface area contributed by atoms with Crippen molar-refractivity contribution in [3.63, 3.8) is 0 Å². The minimum atomic E-state index is -4.42. The van der Waals surface area contributed by atoms with Crippen LogP contribution in [0.15, 0.2) is 10.6 Å². The lowest BCUT2D eigenvalue weighted by Gasteiger charge is -2.04. The van der Waals surface area contributed by atoms with Crippen LogP contribution < -0.4 is 0 Å². The average molecular weight is 194 g/mol. The molecule has 1 aromatic rings. The maximum absolute atomic E-state index is 12.0. The number of rotatable bonds is 2. The van der Waals surface area contributed by atoms with Crippen LogP contribution >= 0.6 is 0 Å². The summed E-state index contributed by atoms with van der Waals surface area (Å²) in [7, 11) is 3.46. The third-order valence-corrected chi connectivity index (χ3v) is 1.32. The monoisotopic (exact) mass is 194 g/mol. The minimum Gasteiger partial charge on any atom is -0.359 e. The fraction of sp³-hybridized carbons (Fsp3) is 0.571. The quantitative estimate of drug-likeness (QED) is 0.718. The van der Waals surface area contributed by atoms with Crippen molar-refractivity contribution in [2.24, 2.45) is 0 Å². The fourth-order valence-electron chi connectivity index (χ4n) is 0.833. The molecule has 0 saturated heterocycles. The molecule has 0 bridgehead atoms. The zero-order valence-corrected chi connectivity index (χ0v) is 7.22. The molecule has 1 heterocycles. The third-order valence-electron chi connectivity index (χ3n) is 1.32. The summed E-state index contributed by atoms with van der Waals surface area (Å²) in [5.41, 5.74) is -0.982. The molecule has 1 rings (SSSR count). The van der Waals surface area contributed by atoms with Crippen LogP contribution in [0.3, 0.4) is 0 Å². The lowest BCUT2D eigenvalue weighted by atomic mass is 10.3. The summed E-state index contributed by atoms with van der Waals surface area (Å²) in [6.45, 7) is 0.309. The van der Waals surface area contributed by atoms with Gasteiger partial charge in [-0.3, -0.25) is 0 Å². The molecule has 0 atom stereocenters. The molecule has 0 radical (unpaired) electrons. The van der Waals surface area contributed by atoms with Gasteiger partial charge in [-0.05, 0) is 14.1 Å². The highest BCUT2D eigenvalue weighted by Crippen LogP contribution is 2.28. The SMILES string of the molecule is CN(C)Cc1cc(C(F)(F)F)no1. The number of hydrogen-bond donors (Lipinski definition) is 0. The lowest BCUT2D eigenvalue weighted by molar-refractivity contribution is -0.142. The Labute approximate surface area is 73.1 Å². The molecular formula is C7H9F3N2O. The van der Waals surface area contributed by atoms with Crippen molar-refractivity contribution in [2.45, 2.75) is 12.7 Å². The van der Waals surface area contributed by atoms with Crippen LogP contribution in [-0.2, 0) is 12.7 Å². The Morgan fingerprint density at radius 3 is 2.46 bits per heavy atom. The number of aromatic nitrogens is 1. The van der Waals surface area contributed by atoms with Crippen LogP contribution in [0.25, 0.3) is 0 Å². The van der Waals surface area contributed by atoms with E-state index in [1.807, 2.05) is 0 Å². The molecule has 0 spiro atoms. The second-order valence-corrected chi connectivity index (χ2v) is 2.91. The number of alkyl halides is 3. The van der Waals surface area contributed by atoms with Gasteiger partial charge in [-0.1, -0.05) is 5.16 Å². The van der Waals surface area contributed by atoms with Crippen LogP contribution in [0.2, 0.25) is 0 Å². The second-order valence-electron chi connectivity index (χ2n) is 2.91. The average Bonchev–Trinajstić information content (AvgIpc) is 2.32. The summed E-state index contributed by atoms with van der Waals surface area (Å²) in [6.07, 6.45) is -4.42. The van der Waals surface area contributed by atoms with E-state index in [-0.39, 0.29) is 5.76 Å². The maximum atomic E-state index is 12.0. The van der Waals surface area contributed by atoms with E-state index in [1.165, 1.54) is 0 Å². The number of hydrogen-bond acceptors (Lipinski definition) is 3. The van der Waals surface area contributed by atoms with E-state index < -0.39 is 11.9 Å². The molecule has 0 unspecified atom stereocenters. The second kappa shape index (κ2) is 3.37. The van der Waals surface area contributed by atoms with Gasteiger partial charge in [0.25, 0.3) is 0 Å². The van der Waals surface area contributed by atoms with Crippen molar-refractivity contribution < 1.29 is 17.7 Å². The van der Waals surface area contributed by atoms with Gasteiger partial charge in [0.2, 0.25) is 0 Å². The van der Waals surface area contributed by atoms with E-state index >= 15 is 0 Å². The van der Waals surface area contributed by atoms with E-state index in [1.54, 1.807) is 19.0 Å². The largest absolute Gasteiger partial charge is 0.436 e. The molecule has 3 nitrogen and oxygen atoms in total. The zero-order valence-electron chi connectivity index (χ0n) is 7.22. The van der Waals surface area contributed by atoms with Crippen LogP contribution in [0.4, 0.5) is 13.2 Å². The Balaban J connectivity index is 2.75. The Kier molecular flexibility index (Phi) is 2.60. The highest BCUT2D eigenvalue weighted by Gasteiger charge is 2.34. The summed E-state index contributed by atoms with van der Waals surface area (Å²) < 4.78 is 40.5. The van der Waals surface area contributed by atoms with E-state index in [9.17, 15) is 13.2 Å². The van der Waals surface area contributed by atoms with Crippen LogP contribution in [0.5, 0.6) is 0 Å². The highest BCUT2D eigenvalue weighted by atomic mass is 19.4. The first-order chi connectivity index (χ1) is 5.89. The van der Waals surface area contributed by atoms with Crippen LogP contribution in [-0.4, -0.2) is 24.2 Å². The Morgan fingerprint density at radius 1 is 1.46 bits per heavy atom. The maximum Gasteiger partial charge on any atom is 0.436 e. The van der Waals surface area contributed by atoms with Gasteiger partial charge in [-0.15, -0.1) is 0 Å². The molecule has 0 saturated carbocycles. The molecule has 0 fully saturated rings. The lowest BCUT2D eigenvalue weighted by Crippen LogP contribution is -2.10. The fourth-order valence-corrected chi connectivity index (χ4v) is 0.833. The van der Waals surface area contributed by atoms with Gasteiger partial charge < -0.3 is 9.42 Å². The first kappa shape index (κ1) is 10.0. The van der Waals surface area contributed by atoms with Gasteiger partial charge in [-0.25, -0.2) is 0 Å². The topological polar surface area (TPSA) is 29.3 Å². The molecule has 0 amide bonds. The third kappa shape index (κ3) is 2.73. The smallest absolute Gasteiger partial charge is 0.359 e. The summed E-state index contributed by atoms with van der Waals surface area (Å²) in [4.78, 5) is 1.70. The highest BCUT2D eigenvalue weighted by molar-refractivity contribution is 5.08. The summed E-state index contributed by atoms with van der Waals surface area (Å²) in [5.74, 6) is 0.206. The predicted molar refractivity (Wildman–Crippen MR) is 38.9 cm³/mol. The molecule has 0 aliphatic carbocycles. The molecule has 13 heavy (non-hydrogen) atoms. The number of halogens is 3. The van der Waals surface area contributed by atoms with Gasteiger partial charge in [-0.2, -0.15) is 13.2 Å². The van der Waals surface area contributed by atoms with E-state index in [4.69, 9.17) is 0 Å². The first-order valence-electron chi connectivity index (χ1n) is 3.57. The van der Waals surface area contributed by atoms with Gasteiger partial charge in [0.15, 0.2) is 11.5 Å². The molecule has 6 heteroatoms. The van der Waals surface area contributed by atoms with Gasteiger partial charge in [0.05, 0.1) is 6.54 Å². The summed E-state index contributed by atoms with van der Waals surface area (Å²) in [6, 6.07) is 0.903. The Bertz CT molecular complexity index is 280. The zero-order chi connectivity index (χ0) is 10.1. The number of nitrogens with zero attached hydrogens (tertiary/aromatic N) is 2. The van der Waals surface area contributed by atoms with Crippen LogP contribution in [0.1, 0.15) is 11.5 Å². The molecule has 0 N–H and O–H groups in total. The van der Waals surface area contributed by atoms with Gasteiger partial charge >= 0.3 is 6.18 Å². The van der Waals surface area contributed by atoms with Gasteiger partial charge in [0, 0.05) is 6.07 Å². The van der Waals surface area contributed by atoms with Crippen molar-refractivity contribution in [1.29, 1.82) is 0 Å². The van der Waals surface area contributed by atoms with Gasteiger partial charge in [0.1, 0.15) is 0 Å². The van der Waals surface area contributed by atoms with E-state index in [0.29, 0.717) is 6.54 Å². The molecule has 0 aliphatic heterocycles. The molecule has 74 valence electrons. The summed E-state index contributed by atoms with van der Waals surface area (Å²) in [5, 5.41) is 2.91. The minimum absolute atomic E-state index is 0.206. The molecular weight excluding hydrogens is 185 g/mol. The normalized spacial score (nSPS) is 12.5. The van der Waals surface area contributed by atoms with E-state index in [2.05, 4.69) is 9.68 Å². The summed E-state index contributed by atoms with van der Waals surface area (Å²) >= 11 is 0. The first-order valence-corrected chi connectivity index (χ1v) is 3.57. The van der Waals surface area contributed by atoms with Crippen molar-refractivity contribution in [3.05, 3.63) is 17.5 Å². The predicted octanol–water partition coefficient (Wildman–Crippen LogP) is 1.76. The van der Waals surface area contributed by atoms with E-state index in [0.717, 1.165) is 6.07 Å². The van der Waals surface area contributed by atoms with Crippen molar-refractivity contribution in [2.75, 3.05) is 14.1 Å². The van der Waals surface area contributed by atoms with Crippen molar-refractivity contribution in [3.8, 4) is 0 Å². The molecule has 1 aromatic heterocycles. The van der Waals surface area contributed by atoms with Crippen molar-refractivity contribution >= 4 is 0 Å². The standard InChI is InChI=1S/C7H9F3N2O/c1-12(2)4-5-3-6(11-13-5)7(8,9)10/h3H,4H2,1-2H3. The Morgan fingerprint density at radius 2 is 2.08 bits per heavy atom. The molecule has 0 aromatic carbocycles.